The normalized spacial score (nSPS) is 12.1. The fourth-order valence-electron chi connectivity index (χ4n) is 2.73. The van der Waals surface area contributed by atoms with Gasteiger partial charge in [0.1, 0.15) is 22.5 Å². The molecule has 2 aromatic rings. The molecule has 0 saturated carbocycles. The molecule has 1 aliphatic heterocycles. The minimum atomic E-state index is -1.25. The van der Waals surface area contributed by atoms with Crippen molar-refractivity contribution >= 4 is 45.7 Å². The van der Waals surface area contributed by atoms with Gasteiger partial charge in [-0.05, 0) is 12.1 Å². The molecule has 1 amide bonds. The van der Waals surface area contributed by atoms with Gasteiger partial charge in [0.05, 0.1) is 11.3 Å². The monoisotopic (exact) mass is 412 g/mol. The van der Waals surface area contributed by atoms with Crippen molar-refractivity contribution in [2.45, 2.75) is 19.8 Å². The zero-order valence-electron chi connectivity index (χ0n) is 15.3. The smallest absolute Gasteiger partial charge is 0.341 e. The number of nitrogens with one attached hydrogen (secondary N) is 1. The molecule has 0 aliphatic carbocycles. The number of carbonyl (C=O) groups excluding carboxylic acids is 2. The molecule has 2 aromatic heterocycles. The van der Waals surface area contributed by atoms with Crippen LogP contribution in [0.15, 0.2) is 36.2 Å². The van der Waals surface area contributed by atoms with E-state index in [1.165, 1.54) is 22.4 Å². The second kappa shape index (κ2) is 8.53. The van der Waals surface area contributed by atoms with E-state index in [1.54, 1.807) is 31.3 Å². The molecule has 0 bridgehead atoms. The summed E-state index contributed by atoms with van der Waals surface area (Å²) in [5, 5.41) is 21.7. The van der Waals surface area contributed by atoms with Crippen LogP contribution >= 0.6 is 11.3 Å². The Morgan fingerprint density at radius 1 is 1.41 bits per heavy atom. The molecular weight excluding hydrogens is 396 g/mol. The van der Waals surface area contributed by atoms with Crippen LogP contribution in [-0.2, 0) is 25.5 Å². The first kappa shape index (κ1) is 20.0. The quantitative estimate of drug-likeness (QED) is 0.692. The lowest BCUT2D eigenvalue weighted by Gasteiger charge is -2.19. The highest BCUT2D eigenvalue weighted by Crippen LogP contribution is 2.44. The van der Waals surface area contributed by atoms with Gasteiger partial charge in [-0.3, -0.25) is 9.69 Å². The molecule has 0 saturated heterocycles. The number of aliphatic carboxylic acids is 1. The SMILES string of the molecule is CCC(=O)N(c1ccccn1)c1sc2c(c1C#N)NC=C(C(=O)OCC(=O)O)C2. The number of amides is 1. The third-order valence-corrected chi connectivity index (χ3v) is 5.21. The van der Waals surface area contributed by atoms with Gasteiger partial charge in [-0.15, -0.1) is 11.3 Å². The number of hydrogen-bond donors (Lipinski definition) is 2. The average Bonchev–Trinajstić information content (AvgIpc) is 3.09. The Balaban J connectivity index is 1.96. The van der Waals surface area contributed by atoms with Crippen LogP contribution in [0.1, 0.15) is 23.8 Å². The molecular formula is C19H16N4O5S. The van der Waals surface area contributed by atoms with Crippen molar-refractivity contribution < 1.29 is 24.2 Å². The lowest BCUT2D eigenvalue weighted by atomic mass is 10.1. The summed E-state index contributed by atoms with van der Waals surface area (Å²) in [6, 6.07) is 7.26. The number of ether oxygens (including phenoxy) is 1. The van der Waals surface area contributed by atoms with Gasteiger partial charge in [0.15, 0.2) is 6.61 Å². The Bertz CT molecular complexity index is 1040. The number of thiophene rings is 1. The van der Waals surface area contributed by atoms with Gasteiger partial charge < -0.3 is 15.2 Å². The fraction of sp³-hybridized carbons (Fsp3) is 0.211. The number of carboxylic acids is 1. The number of rotatable bonds is 6. The number of nitrogens with zero attached hydrogens (tertiary/aromatic N) is 3. The van der Waals surface area contributed by atoms with Crippen LogP contribution in [0.4, 0.5) is 16.5 Å². The number of aromatic nitrogens is 1. The van der Waals surface area contributed by atoms with E-state index in [1.807, 2.05) is 0 Å². The maximum Gasteiger partial charge on any atom is 0.341 e. The van der Waals surface area contributed by atoms with Crippen LogP contribution in [0.3, 0.4) is 0 Å². The van der Waals surface area contributed by atoms with E-state index in [0.717, 1.165) is 0 Å². The van der Waals surface area contributed by atoms with E-state index < -0.39 is 18.5 Å². The number of nitriles is 1. The molecule has 0 radical (unpaired) electrons. The molecule has 1 aliphatic rings. The second-order valence-electron chi connectivity index (χ2n) is 5.92. The van der Waals surface area contributed by atoms with E-state index >= 15 is 0 Å². The standard InChI is InChI=1S/C19H16N4O5S/c1-2-15(24)23(14-5-3-4-6-21-14)18-12(8-20)17-13(29-18)7-11(9-22-17)19(27)28-10-16(25)26/h3-6,9,22H,2,7,10H2,1H3,(H,25,26). The predicted octanol–water partition coefficient (Wildman–Crippen LogP) is 2.57. The summed E-state index contributed by atoms with van der Waals surface area (Å²) in [7, 11) is 0. The lowest BCUT2D eigenvalue weighted by molar-refractivity contribution is -0.152. The molecule has 0 unspecified atom stereocenters. The summed E-state index contributed by atoms with van der Waals surface area (Å²) >= 11 is 1.19. The lowest BCUT2D eigenvalue weighted by Crippen LogP contribution is -2.25. The van der Waals surface area contributed by atoms with Crippen molar-refractivity contribution in [2.24, 2.45) is 0 Å². The first-order chi connectivity index (χ1) is 14.0. The molecule has 29 heavy (non-hydrogen) atoms. The molecule has 3 rings (SSSR count). The fourth-order valence-corrected chi connectivity index (χ4v) is 3.99. The molecule has 2 N–H and O–H groups in total. The molecule has 0 atom stereocenters. The van der Waals surface area contributed by atoms with Crippen molar-refractivity contribution in [3.05, 3.63) is 46.6 Å². The van der Waals surface area contributed by atoms with Crippen molar-refractivity contribution in [1.29, 1.82) is 5.26 Å². The Kier molecular flexibility index (Phi) is 5.90. The summed E-state index contributed by atoms with van der Waals surface area (Å²) in [6.07, 6.45) is 3.30. The number of carbonyl (C=O) groups is 3. The Labute approximate surface area is 169 Å². The number of esters is 1. The minimum absolute atomic E-state index is 0.149. The molecule has 9 nitrogen and oxygen atoms in total. The Hall–Kier alpha value is -3.71. The number of carboxylic acid groups (broad SMARTS) is 1. The topological polar surface area (TPSA) is 133 Å². The van der Waals surface area contributed by atoms with Crippen LogP contribution < -0.4 is 10.2 Å². The highest BCUT2D eigenvalue weighted by Gasteiger charge is 2.30. The highest BCUT2D eigenvalue weighted by atomic mass is 32.1. The maximum atomic E-state index is 12.6. The zero-order chi connectivity index (χ0) is 21.0. The van der Waals surface area contributed by atoms with Crippen LogP contribution in [0.25, 0.3) is 0 Å². The van der Waals surface area contributed by atoms with Crippen molar-refractivity contribution in [1.82, 2.24) is 4.98 Å². The summed E-state index contributed by atoms with van der Waals surface area (Å²) in [5.74, 6) is -1.85. The van der Waals surface area contributed by atoms with Gasteiger partial charge >= 0.3 is 11.9 Å². The summed E-state index contributed by atoms with van der Waals surface area (Å²) in [6.45, 7) is 0.981. The van der Waals surface area contributed by atoms with Crippen LogP contribution in [0.2, 0.25) is 0 Å². The van der Waals surface area contributed by atoms with Gasteiger partial charge in [-0.1, -0.05) is 13.0 Å². The van der Waals surface area contributed by atoms with Crippen molar-refractivity contribution in [3.63, 3.8) is 0 Å². The second-order valence-corrected chi connectivity index (χ2v) is 7.01. The van der Waals surface area contributed by atoms with E-state index in [2.05, 4.69) is 16.4 Å². The van der Waals surface area contributed by atoms with E-state index in [0.29, 0.717) is 21.4 Å². The largest absolute Gasteiger partial charge is 0.479 e. The van der Waals surface area contributed by atoms with Crippen molar-refractivity contribution in [3.8, 4) is 6.07 Å². The molecule has 3 heterocycles. The summed E-state index contributed by atoms with van der Waals surface area (Å²) in [5.41, 5.74) is 1.00. The first-order valence-electron chi connectivity index (χ1n) is 8.60. The van der Waals surface area contributed by atoms with Gasteiger partial charge in [0.2, 0.25) is 5.91 Å². The zero-order valence-corrected chi connectivity index (χ0v) is 16.2. The van der Waals surface area contributed by atoms with E-state index in [-0.39, 0.29) is 29.9 Å². The predicted molar refractivity (Wildman–Crippen MR) is 105 cm³/mol. The number of pyridine rings is 1. The number of hydrogen-bond acceptors (Lipinski definition) is 8. The molecule has 0 spiro atoms. The third-order valence-electron chi connectivity index (χ3n) is 4.04. The minimum Gasteiger partial charge on any atom is -0.479 e. The molecule has 0 fully saturated rings. The number of fused-ring (bicyclic) bond motifs is 1. The van der Waals surface area contributed by atoms with E-state index in [4.69, 9.17) is 9.84 Å². The highest BCUT2D eigenvalue weighted by molar-refractivity contribution is 7.17. The van der Waals surface area contributed by atoms with Crippen LogP contribution in [0.5, 0.6) is 0 Å². The molecule has 10 heteroatoms. The maximum absolute atomic E-state index is 12.6. The van der Waals surface area contributed by atoms with Crippen molar-refractivity contribution in [2.75, 3.05) is 16.8 Å². The van der Waals surface area contributed by atoms with E-state index in [9.17, 15) is 19.6 Å². The average molecular weight is 412 g/mol. The summed E-state index contributed by atoms with van der Waals surface area (Å²) < 4.78 is 4.71. The number of anilines is 3. The molecule has 0 aromatic carbocycles. The third kappa shape index (κ3) is 4.09. The summed E-state index contributed by atoms with van der Waals surface area (Å²) in [4.78, 5) is 41.6. The first-order valence-corrected chi connectivity index (χ1v) is 9.42. The van der Waals surface area contributed by atoms with Gasteiger partial charge in [0, 0.05) is 30.1 Å². The van der Waals surface area contributed by atoms with Gasteiger partial charge in [-0.2, -0.15) is 5.26 Å². The van der Waals surface area contributed by atoms with Gasteiger partial charge in [0.25, 0.3) is 0 Å². The van der Waals surface area contributed by atoms with Gasteiger partial charge in [-0.25, -0.2) is 14.6 Å². The Morgan fingerprint density at radius 3 is 2.83 bits per heavy atom. The van der Waals surface area contributed by atoms with Crippen LogP contribution in [0, 0.1) is 11.3 Å². The molecule has 148 valence electrons. The van der Waals surface area contributed by atoms with Crippen LogP contribution in [-0.4, -0.2) is 34.5 Å². The Morgan fingerprint density at radius 2 is 2.21 bits per heavy atom.